The van der Waals surface area contributed by atoms with Crippen molar-refractivity contribution in [3.05, 3.63) is 28.8 Å². The van der Waals surface area contributed by atoms with Gasteiger partial charge in [0.1, 0.15) is 5.75 Å². The third-order valence-electron chi connectivity index (χ3n) is 2.55. The first-order valence-corrected chi connectivity index (χ1v) is 7.21. The van der Waals surface area contributed by atoms with Crippen molar-refractivity contribution in [3.8, 4) is 5.75 Å². The zero-order valence-electron chi connectivity index (χ0n) is 11.0. The van der Waals surface area contributed by atoms with E-state index in [-0.39, 0.29) is 6.04 Å². The first-order valence-electron chi connectivity index (χ1n) is 5.85. The molecular weight excluding hydrogens is 284 g/mol. The highest BCUT2D eigenvalue weighted by molar-refractivity contribution is 7.98. The summed E-state index contributed by atoms with van der Waals surface area (Å²) in [6, 6.07) is 5.81. The minimum atomic E-state index is 0.235. The van der Waals surface area contributed by atoms with Crippen LogP contribution in [0, 0.1) is 0 Å². The van der Waals surface area contributed by atoms with Gasteiger partial charge in [0.25, 0.3) is 0 Å². The Bertz CT molecular complexity index is 558. The summed E-state index contributed by atoms with van der Waals surface area (Å²) in [7, 11) is 1.65. The van der Waals surface area contributed by atoms with E-state index < -0.39 is 0 Å². The van der Waals surface area contributed by atoms with E-state index in [2.05, 4.69) is 15.5 Å². The van der Waals surface area contributed by atoms with E-state index in [1.807, 2.05) is 32.0 Å². The van der Waals surface area contributed by atoms with Crippen LogP contribution >= 0.6 is 23.4 Å². The van der Waals surface area contributed by atoms with E-state index >= 15 is 0 Å². The average molecular weight is 299 g/mol. The Labute approximate surface area is 121 Å². The van der Waals surface area contributed by atoms with Crippen molar-refractivity contribution in [2.24, 2.45) is 0 Å². The molecule has 1 aromatic heterocycles. The number of hydrogen-bond donors (Lipinski definition) is 0. The minimum absolute atomic E-state index is 0.235. The number of thioether (sulfide) groups is 1. The number of methoxy groups -OCH3 is 1. The Balaban J connectivity index is 2.14. The maximum Gasteiger partial charge on any atom is 0.209 e. The van der Waals surface area contributed by atoms with Gasteiger partial charge in [-0.2, -0.15) is 0 Å². The van der Waals surface area contributed by atoms with E-state index in [4.69, 9.17) is 16.3 Å². The molecule has 1 heterocycles. The Hall–Kier alpha value is -1.27. The van der Waals surface area contributed by atoms with E-state index in [0.29, 0.717) is 10.8 Å². The first-order chi connectivity index (χ1) is 9.11. The van der Waals surface area contributed by atoms with E-state index in [9.17, 15) is 0 Å². The van der Waals surface area contributed by atoms with Crippen LogP contribution in [0.5, 0.6) is 5.75 Å². The molecule has 102 valence electrons. The predicted octanol–water partition coefficient (Wildman–Crippen LogP) is 3.21. The van der Waals surface area contributed by atoms with Crippen LogP contribution in [0.25, 0.3) is 0 Å². The van der Waals surface area contributed by atoms with Gasteiger partial charge in [-0.1, -0.05) is 23.4 Å². The second kappa shape index (κ2) is 6.25. The molecule has 2 aromatic rings. The van der Waals surface area contributed by atoms with E-state index in [1.54, 1.807) is 23.6 Å². The lowest BCUT2D eigenvalue weighted by Gasteiger charge is -2.10. The molecule has 0 saturated heterocycles. The third-order valence-corrected chi connectivity index (χ3v) is 3.77. The van der Waals surface area contributed by atoms with Gasteiger partial charge in [0.2, 0.25) is 5.16 Å². The maximum atomic E-state index is 6.01. The van der Waals surface area contributed by atoms with Gasteiger partial charge in [-0.25, -0.2) is 4.68 Å². The molecule has 0 aliphatic carbocycles. The quantitative estimate of drug-likeness (QED) is 0.793. The number of benzene rings is 1. The molecule has 7 heteroatoms. The number of nitrogens with zero attached hydrogens (tertiary/aromatic N) is 4. The van der Waals surface area contributed by atoms with Gasteiger partial charge in [-0.15, -0.1) is 5.10 Å². The van der Waals surface area contributed by atoms with Crippen LogP contribution in [0.3, 0.4) is 0 Å². The Morgan fingerprint density at radius 1 is 1.42 bits per heavy atom. The summed E-state index contributed by atoms with van der Waals surface area (Å²) in [5.74, 6) is 1.53. The molecule has 0 N–H and O–H groups in total. The SMILES string of the molecule is COc1ccc(Cl)cc1CSc1nnnn1C(C)C. The van der Waals surface area contributed by atoms with Gasteiger partial charge < -0.3 is 4.74 Å². The van der Waals surface area contributed by atoms with Crippen LogP contribution in [-0.2, 0) is 5.75 Å². The number of ether oxygens (including phenoxy) is 1. The van der Waals surface area contributed by atoms with Crippen LogP contribution < -0.4 is 4.74 Å². The number of rotatable bonds is 5. The summed E-state index contributed by atoms with van der Waals surface area (Å²) < 4.78 is 7.11. The van der Waals surface area contributed by atoms with Crippen LogP contribution in [0.15, 0.2) is 23.4 Å². The fourth-order valence-corrected chi connectivity index (χ4v) is 2.79. The lowest BCUT2D eigenvalue weighted by Crippen LogP contribution is -2.04. The lowest BCUT2D eigenvalue weighted by molar-refractivity contribution is 0.411. The van der Waals surface area contributed by atoms with Crippen LogP contribution in [0.4, 0.5) is 0 Å². The fraction of sp³-hybridized carbons (Fsp3) is 0.417. The highest BCUT2D eigenvalue weighted by atomic mass is 35.5. The normalized spacial score (nSPS) is 11.0. The predicted molar refractivity (Wildman–Crippen MR) is 75.8 cm³/mol. The monoisotopic (exact) mass is 298 g/mol. The van der Waals surface area contributed by atoms with E-state index in [1.165, 1.54) is 0 Å². The van der Waals surface area contributed by atoms with Gasteiger partial charge in [-0.05, 0) is 42.5 Å². The maximum absolute atomic E-state index is 6.01. The zero-order valence-corrected chi connectivity index (χ0v) is 12.6. The standard InChI is InChI=1S/C12H15ClN4OS/c1-8(2)17-12(14-15-16-17)19-7-9-6-10(13)4-5-11(9)18-3/h4-6,8H,7H2,1-3H3. The molecule has 0 radical (unpaired) electrons. The summed E-state index contributed by atoms with van der Waals surface area (Å²) in [5, 5.41) is 13.2. The van der Waals surface area contributed by atoms with Gasteiger partial charge in [0.15, 0.2) is 0 Å². The van der Waals surface area contributed by atoms with Crippen molar-refractivity contribution in [2.75, 3.05) is 7.11 Å². The Kier molecular flexibility index (Phi) is 4.66. The summed E-state index contributed by atoms with van der Waals surface area (Å²) in [4.78, 5) is 0. The van der Waals surface area contributed by atoms with Crippen molar-refractivity contribution in [1.29, 1.82) is 0 Å². The van der Waals surface area contributed by atoms with Gasteiger partial charge >= 0.3 is 0 Å². The summed E-state index contributed by atoms with van der Waals surface area (Å²) in [6.45, 7) is 4.08. The molecule has 0 atom stereocenters. The van der Waals surface area contributed by atoms with Crippen molar-refractivity contribution < 1.29 is 4.74 Å². The van der Waals surface area contributed by atoms with Crippen LogP contribution in [0.2, 0.25) is 5.02 Å². The van der Waals surface area contributed by atoms with Crippen LogP contribution in [0.1, 0.15) is 25.5 Å². The summed E-state index contributed by atoms with van der Waals surface area (Å²) in [6.07, 6.45) is 0. The zero-order chi connectivity index (χ0) is 13.8. The van der Waals surface area contributed by atoms with Crippen molar-refractivity contribution >= 4 is 23.4 Å². The number of halogens is 1. The summed E-state index contributed by atoms with van der Waals surface area (Å²) >= 11 is 7.57. The molecule has 5 nitrogen and oxygen atoms in total. The molecule has 0 aliphatic rings. The van der Waals surface area contributed by atoms with Gasteiger partial charge in [0, 0.05) is 16.3 Å². The highest BCUT2D eigenvalue weighted by Gasteiger charge is 2.11. The smallest absolute Gasteiger partial charge is 0.209 e. The molecule has 0 spiro atoms. The highest BCUT2D eigenvalue weighted by Crippen LogP contribution is 2.29. The molecule has 0 aliphatic heterocycles. The van der Waals surface area contributed by atoms with Crippen molar-refractivity contribution in [2.45, 2.75) is 30.8 Å². The van der Waals surface area contributed by atoms with Crippen molar-refractivity contribution in [3.63, 3.8) is 0 Å². The largest absolute Gasteiger partial charge is 0.496 e. The summed E-state index contributed by atoms with van der Waals surface area (Å²) in [5.41, 5.74) is 1.03. The Morgan fingerprint density at radius 2 is 2.21 bits per heavy atom. The lowest BCUT2D eigenvalue weighted by atomic mass is 10.2. The molecule has 0 bridgehead atoms. The average Bonchev–Trinajstić information content (AvgIpc) is 2.85. The van der Waals surface area contributed by atoms with E-state index in [0.717, 1.165) is 16.5 Å². The number of tetrazole rings is 1. The van der Waals surface area contributed by atoms with Crippen LogP contribution in [-0.4, -0.2) is 27.3 Å². The fourth-order valence-electron chi connectivity index (χ4n) is 1.61. The minimum Gasteiger partial charge on any atom is -0.496 e. The second-order valence-corrected chi connectivity index (χ2v) is 5.62. The third kappa shape index (κ3) is 3.39. The molecule has 0 fully saturated rings. The molecule has 1 aromatic carbocycles. The molecule has 19 heavy (non-hydrogen) atoms. The first kappa shape index (κ1) is 14.1. The molecule has 0 unspecified atom stereocenters. The number of hydrogen-bond acceptors (Lipinski definition) is 5. The molecule has 0 amide bonds. The molecule has 0 saturated carbocycles. The van der Waals surface area contributed by atoms with Crippen molar-refractivity contribution in [1.82, 2.24) is 20.2 Å². The Morgan fingerprint density at radius 3 is 2.89 bits per heavy atom. The van der Waals surface area contributed by atoms with Gasteiger partial charge in [-0.3, -0.25) is 0 Å². The number of aromatic nitrogens is 4. The molecule has 2 rings (SSSR count). The van der Waals surface area contributed by atoms with Gasteiger partial charge in [0.05, 0.1) is 13.2 Å². The topological polar surface area (TPSA) is 52.8 Å². The molecular formula is C12H15ClN4OS. The second-order valence-electron chi connectivity index (χ2n) is 4.24.